The summed E-state index contributed by atoms with van der Waals surface area (Å²) in [5.74, 6) is 1.38. The fourth-order valence-corrected chi connectivity index (χ4v) is 9.08. The van der Waals surface area contributed by atoms with E-state index in [0.29, 0.717) is 27.6 Å². The molecular formula is C30H50O2. The molecule has 2 nitrogen and oxygen atoms in total. The van der Waals surface area contributed by atoms with E-state index in [-0.39, 0.29) is 11.5 Å². The van der Waals surface area contributed by atoms with Gasteiger partial charge in [0.15, 0.2) is 0 Å². The monoisotopic (exact) mass is 442 g/mol. The third-order valence-corrected chi connectivity index (χ3v) is 11.4. The van der Waals surface area contributed by atoms with Gasteiger partial charge >= 0.3 is 0 Å². The molecule has 0 saturated heterocycles. The molecule has 7 unspecified atom stereocenters. The molecule has 182 valence electrons. The molecule has 0 aliphatic heterocycles. The van der Waals surface area contributed by atoms with E-state index in [4.69, 9.17) is 0 Å². The summed E-state index contributed by atoms with van der Waals surface area (Å²) in [6.07, 6.45) is 17.6. The highest BCUT2D eigenvalue weighted by atomic mass is 16.3. The second-order valence-corrected chi connectivity index (χ2v) is 14.5. The van der Waals surface area contributed by atoms with Crippen LogP contribution in [-0.2, 0) is 0 Å². The minimum absolute atomic E-state index is 0.0729. The first kappa shape index (κ1) is 24.5. The summed E-state index contributed by atoms with van der Waals surface area (Å²) >= 11 is 0. The molecule has 0 radical (unpaired) electrons. The van der Waals surface area contributed by atoms with E-state index in [0.717, 1.165) is 25.2 Å². The highest BCUT2D eigenvalue weighted by Gasteiger charge is 2.65. The third kappa shape index (κ3) is 3.67. The molecule has 2 N–H and O–H groups in total. The van der Waals surface area contributed by atoms with Crippen molar-refractivity contribution in [1.82, 2.24) is 0 Å². The zero-order valence-electron chi connectivity index (χ0n) is 22.2. The van der Waals surface area contributed by atoms with E-state index in [2.05, 4.69) is 53.7 Å². The summed E-state index contributed by atoms with van der Waals surface area (Å²) in [5, 5.41) is 20.9. The maximum Gasteiger partial charge on any atom is 0.0771 e. The smallest absolute Gasteiger partial charge is 0.0771 e. The van der Waals surface area contributed by atoms with Gasteiger partial charge in [-0.1, -0.05) is 65.3 Å². The maximum absolute atomic E-state index is 10.8. The maximum atomic E-state index is 10.8. The molecule has 32 heavy (non-hydrogen) atoms. The van der Waals surface area contributed by atoms with Gasteiger partial charge in [-0.05, 0) is 105 Å². The lowest BCUT2D eigenvalue weighted by Gasteiger charge is -2.69. The molecule has 0 amide bonds. The Hall–Kier alpha value is -0.600. The molecule has 0 bridgehead atoms. The van der Waals surface area contributed by atoms with Crippen LogP contribution in [0.1, 0.15) is 113 Å². The molecule has 2 heteroatoms. The van der Waals surface area contributed by atoms with Crippen LogP contribution >= 0.6 is 0 Å². The zero-order chi connectivity index (χ0) is 23.8. The average Bonchev–Trinajstić information content (AvgIpc) is 2.65. The van der Waals surface area contributed by atoms with E-state index in [9.17, 15) is 10.2 Å². The molecule has 7 atom stereocenters. The summed E-state index contributed by atoms with van der Waals surface area (Å²) in [5.41, 5.74) is 2.23. The Morgan fingerprint density at radius 2 is 1.69 bits per heavy atom. The van der Waals surface area contributed by atoms with E-state index in [1.165, 1.54) is 38.5 Å². The van der Waals surface area contributed by atoms with Gasteiger partial charge in [-0.3, -0.25) is 0 Å². The minimum Gasteiger partial charge on any atom is -0.392 e. The van der Waals surface area contributed by atoms with Gasteiger partial charge < -0.3 is 10.2 Å². The van der Waals surface area contributed by atoms with Gasteiger partial charge in [0.25, 0.3) is 0 Å². The first-order valence-corrected chi connectivity index (χ1v) is 13.4. The van der Waals surface area contributed by atoms with Crippen molar-refractivity contribution >= 4 is 0 Å². The van der Waals surface area contributed by atoms with Crippen molar-refractivity contribution in [3.8, 4) is 0 Å². The lowest BCUT2D eigenvalue weighted by Crippen LogP contribution is -2.61. The summed E-state index contributed by atoms with van der Waals surface area (Å²) in [6.45, 7) is 18.6. The van der Waals surface area contributed by atoms with Crippen LogP contribution in [0.2, 0.25) is 0 Å². The SMILES string of the molecule is CC(C)(O)C=CCC1(C)CCC2(C)C3CC=C4C(CCC(O)C4(C)C)C3(C)CCC2(C)C1. The number of fused-ring (bicyclic) bond motifs is 5. The van der Waals surface area contributed by atoms with Gasteiger partial charge in [0.1, 0.15) is 0 Å². The normalized spacial score (nSPS) is 48.6. The molecule has 0 aromatic rings. The van der Waals surface area contributed by atoms with Gasteiger partial charge in [0.2, 0.25) is 0 Å². The zero-order valence-corrected chi connectivity index (χ0v) is 22.2. The molecular weight excluding hydrogens is 392 g/mol. The van der Waals surface area contributed by atoms with Crippen LogP contribution in [0.25, 0.3) is 0 Å². The second kappa shape index (κ2) is 7.45. The largest absolute Gasteiger partial charge is 0.392 e. The number of allylic oxidation sites excluding steroid dienone is 2. The van der Waals surface area contributed by atoms with Crippen LogP contribution in [0.15, 0.2) is 23.8 Å². The van der Waals surface area contributed by atoms with Gasteiger partial charge in [0.05, 0.1) is 11.7 Å². The molecule has 4 rings (SSSR count). The van der Waals surface area contributed by atoms with Crippen LogP contribution < -0.4 is 0 Å². The Labute approximate surface area is 198 Å². The van der Waals surface area contributed by atoms with Gasteiger partial charge in [-0.15, -0.1) is 0 Å². The van der Waals surface area contributed by atoms with Crippen LogP contribution in [0.3, 0.4) is 0 Å². The Kier molecular flexibility index (Phi) is 5.71. The summed E-state index contributed by atoms with van der Waals surface area (Å²) in [4.78, 5) is 0. The van der Waals surface area contributed by atoms with Crippen LogP contribution in [0.4, 0.5) is 0 Å². The predicted molar refractivity (Wildman–Crippen MR) is 134 cm³/mol. The molecule has 0 aromatic carbocycles. The summed E-state index contributed by atoms with van der Waals surface area (Å²) in [7, 11) is 0. The molecule has 0 spiro atoms. The molecule has 4 aliphatic carbocycles. The van der Waals surface area contributed by atoms with Gasteiger partial charge in [0, 0.05) is 5.41 Å². The average molecular weight is 443 g/mol. The standard InChI is InChI=1S/C30H50O2/c1-25(2,32)14-9-15-27(5)16-19-30(8)23-12-10-21-22(11-13-24(31)26(21,3)4)29(23,7)18-17-28(30,6)20-27/h9-10,14,22-24,31-32H,11-13,15-20H2,1-8H3. The topological polar surface area (TPSA) is 40.5 Å². The van der Waals surface area contributed by atoms with Crippen molar-refractivity contribution < 1.29 is 10.2 Å². The number of rotatable bonds is 3. The van der Waals surface area contributed by atoms with E-state index in [1.807, 2.05) is 19.9 Å². The molecule has 3 saturated carbocycles. The fraction of sp³-hybridized carbons (Fsp3) is 0.867. The Balaban J connectivity index is 1.62. The van der Waals surface area contributed by atoms with Crippen LogP contribution in [-0.4, -0.2) is 21.9 Å². The van der Waals surface area contributed by atoms with Crippen molar-refractivity contribution in [1.29, 1.82) is 0 Å². The summed E-state index contributed by atoms with van der Waals surface area (Å²) in [6, 6.07) is 0. The van der Waals surface area contributed by atoms with Crippen molar-refractivity contribution in [2.24, 2.45) is 38.9 Å². The van der Waals surface area contributed by atoms with Crippen molar-refractivity contribution in [3.63, 3.8) is 0 Å². The van der Waals surface area contributed by atoms with Crippen molar-refractivity contribution in [3.05, 3.63) is 23.8 Å². The fourth-order valence-electron chi connectivity index (χ4n) is 9.08. The van der Waals surface area contributed by atoms with Crippen molar-refractivity contribution in [2.75, 3.05) is 0 Å². The summed E-state index contributed by atoms with van der Waals surface area (Å²) < 4.78 is 0. The second-order valence-electron chi connectivity index (χ2n) is 14.5. The molecule has 0 aromatic heterocycles. The third-order valence-electron chi connectivity index (χ3n) is 11.4. The lowest BCUT2D eigenvalue weighted by atomic mass is 9.35. The molecule has 0 heterocycles. The number of aliphatic hydroxyl groups is 2. The molecule has 4 aliphatic rings. The number of hydrogen-bond donors (Lipinski definition) is 2. The lowest BCUT2D eigenvalue weighted by molar-refractivity contribution is -0.182. The Morgan fingerprint density at radius 3 is 2.34 bits per heavy atom. The van der Waals surface area contributed by atoms with E-state index < -0.39 is 5.60 Å². The van der Waals surface area contributed by atoms with E-state index >= 15 is 0 Å². The Morgan fingerprint density at radius 1 is 1.00 bits per heavy atom. The van der Waals surface area contributed by atoms with Gasteiger partial charge in [-0.2, -0.15) is 0 Å². The number of hydrogen-bond acceptors (Lipinski definition) is 2. The molecule has 3 fully saturated rings. The quantitative estimate of drug-likeness (QED) is 0.446. The highest BCUT2D eigenvalue weighted by molar-refractivity contribution is 5.30. The van der Waals surface area contributed by atoms with Crippen LogP contribution in [0, 0.1) is 38.9 Å². The van der Waals surface area contributed by atoms with Crippen molar-refractivity contribution in [2.45, 2.75) is 125 Å². The Bertz CT molecular complexity index is 800. The predicted octanol–water partition coefficient (Wildman–Crippen LogP) is 7.45. The first-order valence-electron chi connectivity index (χ1n) is 13.4. The van der Waals surface area contributed by atoms with Crippen LogP contribution in [0.5, 0.6) is 0 Å². The number of aliphatic hydroxyl groups excluding tert-OH is 1. The first-order chi connectivity index (χ1) is 14.6. The van der Waals surface area contributed by atoms with Gasteiger partial charge in [-0.25, -0.2) is 0 Å². The minimum atomic E-state index is -0.719. The highest BCUT2D eigenvalue weighted by Crippen LogP contribution is 2.73. The van der Waals surface area contributed by atoms with E-state index in [1.54, 1.807) is 5.57 Å².